The van der Waals surface area contributed by atoms with Crippen LogP contribution in [0.2, 0.25) is 0 Å². The zero-order chi connectivity index (χ0) is 21.0. The molecule has 0 spiro atoms. The maximum Gasteiger partial charge on any atom is 0.341 e. The molecular weight excluding hydrogens is 412 g/mol. The molecule has 3 rings (SSSR count). The van der Waals surface area contributed by atoms with Gasteiger partial charge in [0.05, 0.1) is 24.7 Å². The lowest BCUT2D eigenvalue weighted by atomic mass is 10.1. The van der Waals surface area contributed by atoms with Crippen LogP contribution in [0, 0.1) is 6.92 Å². The fourth-order valence-electron chi connectivity index (χ4n) is 2.97. The Bertz CT molecular complexity index is 1010. The maximum atomic E-state index is 12.5. The van der Waals surface area contributed by atoms with E-state index in [0.717, 1.165) is 10.4 Å². The van der Waals surface area contributed by atoms with Gasteiger partial charge in [-0.2, -0.15) is 0 Å². The van der Waals surface area contributed by atoms with Crippen molar-refractivity contribution in [2.45, 2.75) is 38.9 Å². The van der Waals surface area contributed by atoms with Crippen molar-refractivity contribution in [3.63, 3.8) is 0 Å². The molecule has 1 amide bonds. The minimum atomic E-state index is -0.442. The number of aromatic nitrogens is 3. The summed E-state index contributed by atoms with van der Waals surface area (Å²) < 4.78 is 12.2. The minimum Gasteiger partial charge on any atom is -0.465 e. The highest BCUT2D eigenvalue weighted by molar-refractivity contribution is 7.99. The number of ether oxygens (including phenoxy) is 1. The molecule has 0 atom stereocenters. The van der Waals surface area contributed by atoms with Crippen LogP contribution in [0.4, 0.5) is 5.00 Å². The van der Waals surface area contributed by atoms with Crippen LogP contribution in [-0.2, 0) is 22.5 Å². The van der Waals surface area contributed by atoms with Crippen molar-refractivity contribution < 1.29 is 18.7 Å². The number of anilines is 1. The molecular formula is C19H22N4O4S2. The lowest BCUT2D eigenvalue weighted by Gasteiger charge is -2.08. The molecule has 0 aliphatic rings. The zero-order valence-corrected chi connectivity index (χ0v) is 18.3. The highest BCUT2D eigenvalue weighted by Gasteiger charge is 2.23. The topological polar surface area (TPSA) is 99.3 Å². The Morgan fingerprint density at radius 1 is 1.34 bits per heavy atom. The molecule has 0 radical (unpaired) electrons. The van der Waals surface area contributed by atoms with E-state index in [1.807, 2.05) is 31.4 Å². The molecule has 10 heteroatoms. The number of nitrogens with one attached hydrogen (secondary N) is 1. The fraction of sp³-hybridized carbons (Fsp3) is 0.368. The first-order valence-corrected chi connectivity index (χ1v) is 10.9. The molecule has 154 valence electrons. The molecule has 0 unspecified atom stereocenters. The van der Waals surface area contributed by atoms with Crippen molar-refractivity contribution in [3.05, 3.63) is 34.4 Å². The summed E-state index contributed by atoms with van der Waals surface area (Å²) in [4.78, 5) is 25.7. The number of rotatable bonds is 8. The summed E-state index contributed by atoms with van der Waals surface area (Å²) in [6, 6.07) is 3.60. The van der Waals surface area contributed by atoms with Crippen LogP contribution < -0.4 is 5.32 Å². The van der Waals surface area contributed by atoms with Crippen molar-refractivity contribution in [1.29, 1.82) is 0 Å². The highest BCUT2D eigenvalue weighted by atomic mass is 32.2. The van der Waals surface area contributed by atoms with Gasteiger partial charge in [-0.05, 0) is 38.0 Å². The van der Waals surface area contributed by atoms with Gasteiger partial charge >= 0.3 is 5.97 Å². The number of amides is 1. The van der Waals surface area contributed by atoms with Crippen LogP contribution >= 0.6 is 23.1 Å². The first-order chi connectivity index (χ1) is 14.0. The van der Waals surface area contributed by atoms with Gasteiger partial charge in [-0.15, -0.1) is 21.5 Å². The Hall–Kier alpha value is -2.59. The summed E-state index contributed by atoms with van der Waals surface area (Å²) in [6.45, 7) is 6.52. The summed E-state index contributed by atoms with van der Waals surface area (Å²) in [5.41, 5.74) is 1.34. The Labute approximate surface area is 176 Å². The van der Waals surface area contributed by atoms with Crippen LogP contribution in [-0.4, -0.2) is 39.5 Å². The Morgan fingerprint density at radius 2 is 2.14 bits per heavy atom. The molecule has 0 fully saturated rings. The van der Waals surface area contributed by atoms with E-state index < -0.39 is 5.97 Å². The number of carbonyl (C=O) groups is 2. The molecule has 3 aromatic rings. The summed E-state index contributed by atoms with van der Waals surface area (Å²) in [7, 11) is 1.34. The Morgan fingerprint density at radius 3 is 2.76 bits per heavy atom. The number of furan rings is 1. The number of methoxy groups -OCH3 is 1. The number of esters is 1. The standard InChI is InChI=1S/C19H22N4O4S2/c1-5-12-11(3)29-17(15(12)18(25)26-4)20-14(24)10-28-19-22-21-16(23(19)6-2)13-8-7-9-27-13/h7-9H,5-6,10H2,1-4H3,(H,20,24). The van der Waals surface area contributed by atoms with Crippen LogP contribution in [0.15, 0.2) is 28.0 Å². The molecule has 1 N–H and O–H groups in total. The van der Waals surface area contributed by atoms with E-state index in [-0.39, 0.29) is 11.7 Å². The monoisotopic (exact) mass is 434 g/mol. The quantitative estimate of drug-likeness (QED) is 0.422. The van der Waals surface area contributed by atoms with Gasteiger partial charge in [0.25, 0.3) is 0 Å². The normalized spacial score (nSPS) is 10.9. The molecule has 0 aliphatic heterocycles. The number of thioether (sulfide) groups is 1. The first-order valence-electron chi connectivity index (χ1n) is 9.10. The SMILES string of the molecule is CCc1c(C)sc(NC(=O)CSc2nnc(-c3ccco3)n2CC)c1C(=O)OC. The van der Waals surface area contributed by atoms with E-state index in [1.54, 1.807) is 12.3 Å². The van der Waals surface area contributed by atoms with Gasteiger partial charge in [0.15, 0.2) is 16.7 Å². The van der Waals surface area contributed by atoms with Gasteiger partial charge in [0, 0.05) is 11.4 Å². The average molecular weight is 435 g/mol. The Balaban J connectivity index is 1.72. The summed E-state index contributed by atoms with van der Waals surface area (Å²) in [5, 5.41) is 12.3. The van der Waals surface area contributed by atoms with Crippen LogP contribution in [0.5, 0.6) is 0 Å². The second-order valence-corrected chi connectivity index (χ2v) is 8.22. The van der Waals surface area contributed by atoms with Gasteiger partial charge in [-0.3, -0.25) is 9.36 Å². The van der Waals surface area contributed by atoms with Gasteiger partial charge in [0.1, 0.15) is 5.00 Å². The maximum absolute atomic E-state index is 12.5. The van der Waals surface area contributed by atoms with E-state index >= 15 is 0 Å². The van der Waals surface area contributed by atoms with E-state index in [1.165, 1.54) is 30.2 Å². The number of nitrogens with zero attached hydrogens (tertiary/aromatic N) is 3. The smallest absolute Gasteiger partial charge is 0.341 e. The predicted octanol–water partition coefficient (Wildman–Crippen LogP) is 4.01. The van der Waals surface area contributed by atoms with Crippen LogP contribution in [0.3, 0.4) is 0 Å². The second kappa shape index (κ2) is 9.27. The first kappa shape index (κ1) is 21.1. The largest absolute Gasteiger partial charge is 0.465 e. The van der Waals surface area contributed by atoms with E-state index in [9.17, 15) is 9.59 Å². The predicted molar refractivity (Wildman–Crippen MR) is 113 cm³/mol. The fourth-order valence-corrected chi connectivity index (χ4v) is 4.92. The third-order valence-corrected chi connectivity index (χ3v) is 6.34. The van der Waals surface area contributed by atoms with Crippen molar-refractivity contribution in [2.75, 3.05) is 18.2 Å². The second-order valence-electron chi connectivity index (χ2n) is 6.05. The average Bonchev–Trinajstić information content (AvgIpc) is 3.43. The molecule has 0 aliphatic carbocycles. The van der Waals surface area contributed by atoms with E-state index in [2.05, 4.69) is 15.5 Å². The highest BCUT2D eigenvalue weighted by Crippen LogP contribution is 2.34. The molecule has 3 aromatic heterocycles. The molecule has 3 heterocycles. The molecule has 29 heavy (non-hydrogen) atoms. The summed E-state index contributed by atoms with van der Waals surface area (Å²) in [6.07, 6.45) is 2.27. The number of hydrogen-bond donors (Lipinski definition) is 1. The molecule has 0 bridgehead atoms. The van der Waals surface area contributed by atoms with Gasteiger partial charge in [-0.25, -0.2) is 4.79 Å². The third kappa shape index (κ3) is 4.38. The van der Waals surface area contributed by atoms with E-state index in [4.69, 9.17) is 9.15 Å². The number of thiophene rings is 1. The zero-order valence-electron chi connectivity index (χ0n) is 16.6. The van der Waals surface area contributed by atoms with Crippen molar-refractivity contribution in [1.82, 2.24) is 14.8 Å². The molecule has 0 saturated heterocycles. The van der Waals surface area contributed by atoms with Gasteiger partial charge in [0.2, 0.25) is 5.91 Å². The lowest BCUT2D eigenvalue weighted by Crippen LogP contribution is -2.16. The number of hydrogen-bond acceptors (Lipinski definition) is 8. The summed E-state index contributed by atoms with van der Waals surface area (Å²) >= 11 is 2.66. The Kier molecular flexibility index (Phi) is 6.75. The molecule has 0 aromatic carbocycles. The third-order valence-electron chi connectivity index (χ3n) is 4.31. The summed E-state index contributed by atoms with van der Waals surface area (Å²) in [5.74, 6) is 0.710. The molecule has 0 saturated carbocycles. The van der Waals surface area contributed by atoms with Crippen LogP contribution in [0.25, 0.3) is 11.6 Å². The number of aryl methyl sites for hydroxylation is 1. The lowest BCUT2D eigenvalue weighted by molar-refractivity contribution is -0.113. The number of carbonyl (C=O) groups excluding carboxylic acids is 2. The van der Waals surface area contributed by atoms with E-state index in [0.29, 0.717) is 40.3 Å². The van der Waals surface area contributed by atoms with Gasteiger partial charge < -0.3 is 14.5 Å². The van der Waals surface area contributed by atoms with Crippen molar-refractivity contribution in [2.24, 2.45) is 0 Å². The minimum absolute atomic E-state index is 0.134. The van der Waals surface area contributed by atoms with Crippen molar-refractivity contribution in [3.8, 4) is 11.6 Å². The van der Waals surface area contributed by atoms with Crippen molar-refractivity contribution >= 4 is 40.0 Å². The molecule has 8 nitrogen and oxygen atoms in total. The van der Waals surface area contributed by atoms with Crippen LogP contribution in [0.1, 0.15) is 34.6 Å². The van der Waals surface area contributed by atoms with Gasteiger partial charge in [-0.1, -0.05) is 18.7 Å².